The Bertz CT molecular complexity index is 740. The van der Waals surface area contributed by atoms with E-state index in [4.69, 9.17) is 4.74 Å². The molecule has 28 heavy (non-hydrogen) atoms. The molecule has 2 aliphatic rings. The highest BCUT2D eigenvalue weighted by atomic mass is 16.6. The zero-order valence-electron chi connectivity index (χ0n) is 16.9. The number of hydrogen-bond donors (Lipinski definition) is 2. The highest BCUT2D eigenvalue weighted by Crippen LogP contribution is 2.23. The van der Waals surface area contributed by atoms with Crippen LogP contribution in [0, 0.1) is 5.92 Å². The summed E-state index contributed by atoms with van der Waals surface area (Å²) >= 11 is 0. The van der Waals surface area contributed by atoms with E-state index < -0.39 is 5.72 Å². The summed E-state index contributed by atoms with van der Waals surface area (Å²) in [6.45, 7) is 3.87. The number of fused-ring (bicyclic) bond motifs is 1. The zero-order chi connectivity index (χ0) is 20.0. The molecule has 2 aromatic rings. The summed E-state index contributed by atoms with van der Waals surface area (Å²) in [6, 6.07) is 18.6. The highest BCUT2D eigenvalue weighted by molar-refractivity contribution is 5.79. The topological polar surface area (TPSA) is 61.9 Å². The van der Waals surface area contributed by atoms with E-state index in [9.17, 15) is 9.90 Å². The van der Waals surface area contributed by atoms with Gasteiger partial charge < -0.3 is 15.2 Å². The van der Waals surface area contributed by atoms with Crippen molar-refractivity contribution in [3.8, 4) is 0 Å². The van der Waals surface area contributed by atoms with Crippen LogP contribution in [0.2, 0.25) is 0 Å². The van der Waals surface area contributed by atoms with Crippen LogP contribution in [0.4, 0.5) is 0 Å². The zero-order valence-corrected chi connectivity index (χ0v) is 16.9. The number of ether oxygens (including phenoxy) is 1. The fraction of sp³-hybridized carbons (Fsp3) is 0.458. The third-order valence-corrected chi connectivity index (χ3v) is 5.09. The maximum absolute atomic E-state index is 12.2. The van der Waals surface area contributed by atoms with Crippen LogP contribution < -0.4 is 5.32 Å². The number of carbonyl (C=O) groups excluding carboxylic acids is 1. The Morgan fingerprint density at radius 3 is 2.21 bits per heavy atom. The lowest BCUT2D eigenvalue weighted by molar-refractivity contribution is -0.131. The minimum Gasteiger partial charge on any atom is -0.373 e. The van der Waals surface area contributed by atoms with Gasteiger partial charge in [-0.05, 0) is 62.6 Å². The number of rotatable bonds is 6. The van der Waals surface area contributed by atoms with Crippen molar-refractivity contribution in [2.24, 2.45) is 5.92 Å². The Hall–Kier alpha value is -2.17. The van der Waals surface area contributed by atoms with Gasteiger partial charge in [0.05, 0.1) is 12.7 Å². The minimum absolute atomic E-state index is 0.119. The van der Waals surface area contributed by atoms with Crippen LogP contribution in [0.15, 0.2) is 54.6 Å². The van der Waals surface area contributed by atoms with E-state index in [0.717, 1.165) is 12.2 Å². The molecule has 0 aromatic heterocycles. The number of hydrogen-bond acceptors (Lipinski definition) is 3. The van der Waals surface area contributed by atoms with Crippen LogP contribution >= 0.6 is 0 Å². The van der Waals surface area contributed by atoms with Crippen molar-refractivity contribution in [3.63, 3.8) is 0 Å². The molecule has 4 nitrogen and oxygen atoms in total. The Morgan fingerprint density at radius 2 is 1.68 bits per heavy atom. The van der Waals surface area contributed by atoms with E-state index in [1.807, 2.05) is 30.3 Å². The predicted octanol–water partition coefficient (Wildman–Crippen LogP) is 3.65. The van der Waals surface area contributed by atoms with Crippen molar-refractivity contribution in [2.45, 2.75) is 57.8 Å². The molecule has 1 saturated heterocycles. The average molecular weight is 382 g/mol. The van der Waals surface area contributed by atoms with Crippen molar-refractivity contribution in [1.29, 1.82) is 0 Å². The first-order chi connectivity index (χ1) is 13.4. The first kappa shape index (κ1) is 20.6. The molecule has 1 heterocycles. The quantitative estimate of drug-likeness (QED) is 0.593. The monoisotopic (exact) mass is 381 g/mol. The maximum Gasteiger partial charge on any atom is 0.225 e. The summed E-state index contributed by atoms with van der Waals surface area (Å²) in [5, 5.41) is 12.3. The maximum atomic E-state index is 12.2. The molecule has 4 heteroatoms. The van der Waals surface area contributed by atoms with Crippen molar-refractivity contribution in [2.75, 3.05) is 6.61 Å². The van der Waals surface area contributed by atoms with Gasteiger partial charge in [-0.1, -0.05) is 54.6 Å². The van der Waals surface area contributed by atoms with E-state index in [2.05, 4.69) is 29.6 Å². The van der Waals surface area contributed by atoms with Gasteiger partial charge >= 0.3 is 0 Å². The smallest absolute Gasteiger partial charge is 0.225 e. The molecule has 1 aliphatic heterocycles. The van der Waals surface area contributed by atoms with E-state index in [-0.39, 0.29) is 17.9 Å². The van der Waals surface area contributed by atoms with E-state index in [0.29, 0.717) is 12.8 Å². The van der Waals surface area contributed by atoms with E-state index >= 15 is 0 Å². The van der Waals surface area contributed by atoms with Crippen molar-refractivity contribution in [3.05, 3.63) is 71.3 Å². The fourth-order valence-electron chi connectivity index (χ4n) is 3.62. The average Bonchev–Trinajstić information content (AvgIpc) is 3.34. The Morgan fingerprint density at radius 1 is 1.11 bits per heavy atom. The molecule has 0 bridgehead atoms. The molecule has 4 rings (SSSR count). The summed E-state index contributed by atoms with van der Waals surface area (Å²) in [6.07, 6.45) is 5.53. The first-order valence-corrected chi connectivity index (χ1v) is 10.2. The summed E-state index contributed by atoms with van der Waals surface area (Å²) in [7, 11) is 0. The summed E-state index contributed by atoms with van der Waals surface area (Å²) in [5.74, 6) is -0.284. The Labute approximate surface area is 167 Å². The SMILES string of the molecule is CC(C)(O)NC(=O)[C@H](Cc1ccccc1)C[C@H]1CO1.c1ccc2c(c1)CCC2. The largest absolute Gasteiger partial charge is 0.373 e. The van der Waals surface area contributed by atoms with E-state index in [1.165, 1.54) is 19.3 Å². The number of epoxide rings is 1. The van der Waals surface area contributed by atoms with Gasteiger partial charge in [-0.25, -0.2) is 0 Å². The summed E-state index contributed by atoms with van der Waals surface area (Å²) in [5.41, 5.74) is 3.07. The van der Waals surface area contributed by atoms with Gasteiger partial charge in [-0.3, -0.25) is 4.79 Å². The van der Waals surface area contributed by atoms with Crippen LogP contribution in [0.25, 0.3) is 0 Å². The van der Waals surface area contributed by atoms with Gasteiger partial charge in [0.1, 0.15) is 5.72 Å². The highest BCUT2D eigenvalue weighted by Gasteiger charge is 2.32. The number of amides is 1. The Balaban J connectivity index is 0.000000206. The molecule has 0 radical (unpaired) electrons. The molecule has 1 aliphatic carbocycles. The van der Waals surface area contributed by atoms with Crippen molar-refractivity contribution in [1.82, 2.24) is 5.32 Å². The molecule has 0 spiro atoms. The predicted molar refractivity (Wildman–Crippen MR) is 111 cm³/mol. The minimum atomic E-state index is -1.18. The van der Waals surface area contributed by atoms with Crippen LogP contribution in [-0.2, 0) is 28.8 Å². The molecule has 0 unspecified atom stereocenters. The second-order valence-electron chi connectivity index (χ2n) is 8.25. The number of benzene rings is 2. The van der Waals surface area contributed by atoms with Gasteiger partial charge in [-0.15, -0.1) is 0 Å². The lowest BCUT2D eigenvalue weighted by Crippen LogP contribution is -2.46. The second-order valence-corrected chi connectivity index (χ2v) is 8.25. The third kappa shape index (κ3) is 6.77. The van der Waals surface area contributed by atoms with Gasteiger partial charge in [0.15, 0.2) is 0 Å². The van der Waals surface area contributed by atoms with Crippen LogP contribution in [0.5, 0.6) is 0 Å². The molecule has 2 atom stereocenters. The first-order valence-electron chi connectivity index (χ1n) is 10.2. The van der Waals surface area contributed by atoms with Gasteiger partial charge in [0.25, 0.3) is 0 Å². The van der Waals surface area contributed by atoms with Gasteiger partial charge in [-0.2, -0.15) is 0 Å². The molecule has 0 saturated carbocycles. The number of aryl methyl sites for hydroxylation is 2. The molecule has 1 fully saturated rings. The molecular weight excluding hydrogens is 350 g/mol. The van der Waals surface area contributed by atoms with Crippen LogP contribution in [-0.4, -0.2) is 29.4 Å². The number of nitrogens with one attached hydrogen (secondary N) is 1. The van der Waals surface area contributed by atoms with Crippen LogP contribution in [0.1, 0.15) is 43.4 Å². The number of aliphatic hydroxyl groups is 1. The lowest BCUT2D eigenvalue weighted by Gasteiger charge is -2.23. The van der Waals surface area contributed by atoms with Crippen molar-refractivity contribution >= 4 is 5.91 Å². The molecule has 150 valence electrons. The van der Waals surface area contributed by atoms with Crippen molar-refractivity contribution < 1.29 is 14.6 Å². The van der Waals surface area contributed by atoms with Crippen LogP contribution in [0.3, 0.4) is 0 Å². The summed E-state index contributed by atoms with van der Waals surface area (Å²) in [4.78, 5) is 12.2. The molecule has 2 N–H and O–H groups in total. The van der Waals surface area contributed by atoms with Gasteiger partial charge in [0, 0.05) is 5.92 Å². The molecule has 1 amide bonds. The van der Waals surface area contributed by atoms with Gasteiger partial charge in [0.2, 0.25) is 5.91 Å². The summed E-state index contributed by atoms with van der Waals surface area (Å²) < 4.78 is 5.21. The lowest BCUT2D eigenvalue weighted by atomic mass is 9.93. The normalized spacial score (nSPS) is 18.5. The molecule has 2 aromatic carbocycles. The fourth-order valence-corrected chi connectivity index (χ4v) is 3.62. The Kier molecular flexibility index (Phi) is 6.87. The third-order valence-electron chi connectivity index (χ3n) is 5.09. The second kappa shape index (κ2) is 9.35. The standard InChI is InChI=1S/C15H21NO3.C9H10/c1-15(2,18)16-14(17)12(9-13-10-19-13)8-11-6-4-3-5-7-11;1-2-5-9-7-3-6-8(9)4-1/h3-7,12-13,18H,8-10H2,1-2H3,(H,16,17);1-2,4-5H,3,6-7H2/t12-,13+;/m1./s1. The molecular formula is C24H31NO3. The number of carbonyl (C=O) groups is 1. The van der Waals surface area contributed by atoms with E-state index in [1.54, 1.807) is 25.0 Å².